The molecule has 0 saturated carbocycles. The van der Waals surface area contributed by atoms with Crippen molar-refractivity contribution in [1.82, 2.24) is 14.7 Å². The SMILES string of the molecule is CC(O)CCCCN1NSC=C1C1=CCCN(C)C1. The summed E-state index contributed by atoms with van der Waals surface area (Å²) in [4.78, 5) is 5.71. The van der Waals surface area contributed by atoms with Gasteiger partial charge in [-0.1, -0.05) is 6.08 Å². The van der Waals surface area contributed by atoms with Crippen molar-refractivity contribution in [3.8, 4) is 0 Å². The van der Waals surface area contributed by atoms with Gasteiger partial charge in [0.05, 0.1) is 11.8 Å². The third kappa shape index (κ3) is 4.53. The van der Waals surface area contributed by atoms with Crippen LogP contribution in [0.15, 0.2) is 22.8 Å². The molecule has 2 heterocycles. The fraction of sp³-hybridized carbons (Fsp3) is 0.714. The first kappa shape index (κ1) is 14.9. The maximum atomic E-state index is 9.27. The molecule has 0 saturated heterocycles. The van der Waals surface area contributed by atoms with Crippen LogP contribution in [-0.4, -0.2) is 47.8 Å². The highest BCUT2D eigenvalue weighted by Gasteiger charge is 2.21. The predicted molar refractivity (Wildman–Crippen MR) is 81.2 cm³/mol. The van der Waals surface area contributed by atoms with Gasteiger partial charge in [0.2, 0.25) is 0 Å². The normalized spacial score (nSPS) is 22.4. The van der Waals surface area contributed by atoms with Gasteiger partial charge >= 0.3 is 0 Å². The molecule has 2 aliphatic heterocycles. The van der Waals surface area contributed by atoms with Crippen molar-refractivity contribution in [1.29, 1.82) is 0 Å². The highest BCUT2D eigenvalue weighted by atomic mass is 32.2. The summed E-state index contributed by atoms with van der Waals surface area (Å²) in [6, 6.07) is 0. The average Bonchev–Trinajstić information content (AvgIpc) is 2.83. The summed E-state index contributed by atoms with van der Waals surface area (Å²) in [6.07, 6.45) is 6.41. The van der Waals surface area contributed by atoms with E-state index in [2.05, 4.69) is 33.3 Å². The van der Waals surface area contributed by atoms with Crippen molar-refractivity contribution in [3.63, 3.8) is 0 Å². The topological polar surface area (TPSA) is 38.7 Å². The van der Waals surface area contributed by atoms with Crippen molar-refractivity contribution in [3.05, 3.63) is 22.8 Å². The Morgan fingerprint density at radius 3 is 3.05 bits per heavy atom. The van der Waals surface area contributed by atoms with Gasteiger partial charge in [-0.05, 0) is 57.2 Å². The molecule has 0 fully saturated rings. The van der Waals surface area contributed by atoms with Gasteiger partial charge in [0.25, 0.3) is 0 Å². The number of hydrazine groups is 1. The van der Waals surface area contributed by atoms with Crippen LogP contribution in [0.3, 0.4) is 0 Å². The van der Waals surface area contributed by atoms with Crippen LogP contribution in [-0.2, 0) is 0 Å². The monoisotopic (exact) mass is 283 g/mol. The van der Waals surface area contributed by atoms with E-state index in [4.69, 9.17) is 0 Å². The Hall–Kier alpha value is -0.490. The van der Waals surface area contributed by atoms with Crippen LogP contribution < -0.4 is 4.83 Å². The molecule has 0 bridgehead atoms. The van der Waals surface area contributed by atoms with Gasteiger partial charge in [0.1, 0.15) is 0 Å². The number of rotatable bonds is 6. The first-order valence-electron chi connectivity index (χ1n) is 7.12. The zero-order valence-electron chi connectivity index (χ0n) is 11.9. The Labute approximate surface area is 120 Å². The Kier molecular flexibility index (Phi) is 5.76. The maximum absolute atomic E-state index is 9.27. The lowest BCUT2D eigenvalue weighted by Gasteiger charge is -2.28. The molecular formula is C14H25N3OS. The quantitative estimate of drug-likeness (QED) is 0.577. The van der Waals surface area contributed by atoms with Crippen molar-refractivity contribution >= 4 is 11.9 Å². The zero-order valence-corrected chi connectivity index (χ0v) is 12.7. The standard InChI is InChI=1S/C14H25N3OS/c1-12(18)6-3-4-9-17-14(11-19-15-17)13-7-5-8-16(2)10-13/h7,11-12,15,18H,3-6,8-10H2,1-2H3. The number of hydrogen-bond donors (Lipinski definition) is 2. The van der Waals surface area contributed by atoms with Gasteiger partial charge in [-0.25, -0.2) is 0 Å². The van der Waals surface area contributed by atoms with Gasteiger partial charge in [-0.3, -0.25) is 5.01 Å². The summed E-state index contributed by atoms with van der Waals surface area (Å²) in [5, 5.41) is 13.7. The summed E-state index contributed by atoms with van der Waals surface area (Å²) in [6.45, 7) is 5.06. The van der Waals surface area contributed by atoms with E-state index in [1.165, 1.54) is 11.3 Å². The maximum Gasteiger partial charge on any atom is 0.0647 e. The van der Waals surface area contributed by atoms with Gasteiger partial charge < -0.3 is 10.0 Å². The summed E-state index contributed by atoms with van der Waals surface area (Å²) in [5.41, 5.74) is 2.76. The highest BCUT2D eigenvalue weighted by Crippen LogP contribution is 2.27. The van der Waals surface area contributed by atoms with Crippen LogP contribution in [0, 0.1) is 0 Å². The largest absolute Gasteiger partial charge is 0.393 e. The molecule has 0 amide bonds. The minimum absolute atomic E-state index is 0.175. The Balaban J connectivity index is 1.81. The second-order valence-corrected chi connectivity index (χ2v) is 6.12. The lowest BCUT2D eigenvalue weighted by molar-refractivity contribution is 0.178. The molecule has 0 aromatic heterocycles. The summed E-state index contributed by atoms with van der Waals surface area (Å²) < 4.78 is 0. The van der Waals surface area contributed by atoms with E-state index in [1.54, 1.807) is 11.9 Å². The summed E-state index contributed by atoms with van der Waals surface area (Å²) in [5.74, 6) is 0. The van der Waals surface area contributed by atoms with E-state index in [9.17, 15) is 5.11 Å². The molecule has 19 heavy (non-hydrogen) atoms. The van der Waals surface area contributed by atoms with E-state index < -0.39 is 0 Å². The molecular weight excluding hydrogens is 258 g/mol. The second-order valence-electron chi connectivity index (χ2n) is 5.46. The molecule has 0 spiro atoms. The van der Waals surface area contributed by atoms with Crippen molar-refractivity contribution in [2.75, 3.05) is 26.7 Å². The van der Waals surface area contributed by atoms with Crippen LogP contribution in [0.1, 0.15) is 32.6 Å². The van der Waals surface area contributed by atoms with Crippen LogP contribution in [0.5, 0.6) is 0 Å². The number of aliphatic hydroxyl groups is 1. The molecule has 0 aliphatic carbocycles. The zero-order chi connectivity index (χ0) is 13.7. The number of nitrogens with zero attached hydrogens (tertiary/aromatic N) is 2. The second kappa shape index (κ2) is 7.33. The lowest BCUT2D eigenvalue weighted by atomic mass is 10.1. The van der Waals surface area contributed by atoms with Crippen LogP contribution in [0.4, 0.5) is 0 Å². The van der Waals surface area contributed by atoms with Crippen molar-refractivity contribution < 1.29 is 5.11 Å². The lowest BCUT2D eigenvalue weighted by Crippen LogP contribution is -2.34. The molecule has 2 rings (SSSR count). The minimum atomic E-state index is -0.175. The fourth-order valence-corrected chi connectivity index (χ4v) is 3.22. The van der Waals surface area contributed by atoms with Crippen molar-refractivity contribution in [2.45, 2.75) is 38.7 Å². The number of aliphatic hydroxyl groups excluding tert-OH is 1. The first-order valence-corrected chi connectivity index (χ1v) is 8.00. The van der Waals surface area contributed by atoms with E-state index in [0.29, 0.717) is 0 Å². The smallest absolute Gasteiger partial charge is 0.0647 e. The van der Waals surface area contributed by atoms with E-state index in [-0.39, 0.29) is 6.10 Å². The third-order valence-electron chi connectivity index (χ3n) is 3.55. The molecule has 0 aromatic rings. The fourth-order valence-electron chi connectivity index (χ4n) is 2.46. The Morgan fingerprint density at radius 2 is 2.32 bits per heavy atom. The van der Waals surface area contributed by atoms with Gasteiger partial charge in [0, 0.05) is 25.0 Å². The minimum Gasteiger partial charge on any atom is -0.393 e. The molecule has 5 heteroatoms. The number of nitrogens with one attached hydrogen (secondary N) is 1. The highest BCUT2D eigenvalue weighted by molar-refractivity contribution is 8.00. The van der Waals surface area contributed by atoms with E-state index in [0.717, 1.165) is 45.3 Å². The third-order valence-corrected chi connectivity index (χ3v) is 4.22. The number of hydrogen-bond acceptors (Lipinski definition) is 5. The summed E-state index contributed by atoms with van der Waals surface area (Å²) >= 11 is 1.65. The molecule has 0 radical (unpaired) electrons. The Morgan fingerprint density at radius 1 is 1.47 bits per heavy atom. The van der Waals surface area contributed by atoms with Crippen molar-refractivity contribution in [2.24, 2.45) is 0 Å². The number of likely N-dealkylation sites (N-methyl/N-ethyl adjacent to an activating group) is 1. The molecule has 0 aromatic carbocycles. The number of unbranched alkanes of at least 4 members (excludes halogenated alkanes) is 1. The van der Waals surface area contributed by atoms with E-state index in [1.807, 2.05) is 6.92 Å². The Bertz CT molecular complexity index is 355. The van der Waals surface area contributed by atoms with Crippen LogP contribution in [0.2, 0.25) is 0 Å². The van der Waals surface area contributed by atoms with Crippen LogP contribution in [0.25, 0.3) is 0 Å². The van der Waals surface area contributed by atoms with E-state index >= 15 is 0 Å². The predicted octanol–water partition coefficient (Wildman–Crippen LogP) is 2.11. The molecule has 1 unspecified atom stereocenters. The van der Waals surface area contributed by atoms with Gasteiger partial charge in [-0.2, -0.15) is 4.83 Å². The molecule has 1 atom stereocenters. The molecule has 4 nitrogen and oxygen atoms in total. The molecule has 2 N–H and O–H groups in total. The molecule has 2 aliphatic rings. The summed E-state index contributed by atoms with van der Waals surface area (Å²) in [7, 11) is 2.18. The first-order chi connectivity index (χ1) is 9.16. The van der Waals surface area contributed by atoms with Gasteiger partial charge in [0.15, 0.2) is 0 Å². The average molecular weight is 283 g/mol. The molecule has 108 valence electrons. The van der Waals surface area contributed by atoms with Gasteiger partial charge in [-0.15, -0.1) is 0 Å². The van der Waals surface area contributed by atoms with Crippen LogP contribution >= 0.6 is 11.9 Å².